The highest BCUT2D eigenvalue weighted by atomic mass is 16.5. The predicted molar refractivity (Wildman–Crippen MR) is 120 cm³/mol. The molecular weight excluding hydrogens is 386 g/mol. The number of H-pyrrole nitrogens is 1. The van der Waals surface area contributed by atoms with Gasteiger partial charge in [0.25, 0.3) is 0 Å². The highest BCUT2D eigenvalue weighted by Gasteiger charge is 2.32. The minimum Gasteiger partial charge on any atom is -0.494 e. The van der Waals surface area contributed by atoms with E-state index in [9.17, 15) is 4.79 Å². The molecule has 0 radical (unpaired) electrons. The van der Waals surface area contributed by atoms with Crippen LogP contribution in [0.15, 0.2) is 85.5 Å². The molecule has 1 aliphatic carbocycles. The Balaban J connectivity index is 1.39. The van der Waals surface area contributed by atoms with E-state index in [4.69, 9.17) is 4.74 Å². The van der Waals surface area contributed by atoms with E-state index in [1.165, 1.54) is 5.56 Å². The van der Waals surface area contributed by atoms with Crippen molar-refractivity contribution in [2.24, 2.45) is 0 Å². The summed E-state index contributed by atoms with van der Waals surface area (Å²) in [4.78, 5) is 17.6. The maximum Gasteiger partial charge on any atom is 0.195 e. The number of rotatable bonds is 7. The van der Waals surface area contributed by atoms with E-state index in [2.05, 4.69) is 27.3 Å². The van der Waals surface area contributed by atoms with Gasteiger partial charge in [-0.25, -0.2) is 0 Å². The van der Waals surface area contributed by atoms with Gasteiger partial charge < -0.3 is 4.74 Å². The molecule has 0 amide bonds. The highest BCUT2D eigenvalue weighted by molar-refractivity contribution is 6.41. The van der Waals surface area contributed by atoms with Crippen LogP contribution in [0.3, 0.4) is 0 Å². The number of nitrogens with one attached hydrogen (secondary N) is 1. The summed E-state index contributed by atoms with van der Waals surface area (Å²) in [6.45, 7) is 0.597. The normalized spacial score (nSPS) is 12.8. The van der Waals surface area contributed by atoms with Gasteiger partial charge in [-0.2, -0.15) is 5.10 Å². The second-order valence-electron chi connectivity index (χ2n) is 7.45. The van der Waals surface area contributed by atoms with E-state index in [1.54, 1.807) is 18.6 Å². The molecule has 1 aliphatic rings. The Morgan fingerprint density at radius 2 is 1.77 bits per heavy atom. The number of benzene rings is 2. The lowest BCUT2D eigenvalue weighted by molar-refractivity contribution is 0.105. The van der Waals surface area contributed by atoms with E-state index in [0.29, 0.717) is 23.5 Å². The lowest BCUT2D eigenvalue weighted by atomic mass is 9.97. The van der Waals surface area contributed by atoms with Crippen LogP contribution in [0.25, 0.3) is 11.1 Å². The van der Waals surface area contributed by atoms with Gasteiger partial charge in [-0.3, -0.25) is 14.9 Å². The average Bonchev–Trinajstić information content (AvgIpc) is 3.44. The first-order valence-corrected chi connectivity index (χ1v) is 10.3. The molecule has 0 saturated carbocycles. The molecule has 31 heavy (non-hydrogen) atoms. The summed E-state index contributed by atoms with van der Waals surface area (Å²) >= 11 is 0. The van der Waals surface area contributed by atoms with Crippen molar-refractivity contribution in [3.63, 3.8) is 0 Å². The first-order valence-electron chi connectivity index (χ1n) is 10.3. The van der Waals surface area contributed by atoms with Crippen LogP contribution < -0.4 is 4.74 Å². The highest BCUT2D eigenvalue weighted by Crippen LogP contribution is 2.42. The van der Waals surface area contributed by atoms with E-state index in [1.807, 2.05) is 54.7 Å². The number of ether oxygens (including phenoxy) is 1. The largest absolute Gasteiger partial charge is 0.494 e. The standard InChI is InChI=1S/C26H21N3O2/c30-26-23-14-21(31-13-5-8-18-6-2-1-3-7-18)10-11-22(23)24(20-16-28-29-17-20)25(26)19-9-4-12-27-15-19/h1-4,6-7,9-12,14-17H,5,8,13H2,(H,28,29). The maximum atomic E-state index is 13.4. The summed E-state index contributed by atoms with van der Waals surface area (Å²) in [6.07, 6.45) is 8.84. The summed E-state index contributed by atoms with van der Waals surface area (Å²) in [6, 6.07) is 19.9. The van der Waals surface area contributed by atoms with Gasteiger partial charge in [-0.1, -0.05) is 36.4 Å². The molecule has 0 bridgehead atoms. The Bertz CT molecular complexity index is 1230. The van der Waals surface area contributed by atoms with Crippen LogP contribution in [0.1, 0.15) is 39.0 Å². The summed E-state index contributed by atoms with van der Waals surface area (Å²) in [5.41, 5.74) is 6.03. The molecule has 0 fully saturated rings. The van der Waals surface area contributed by atoms with Crippen molar-refractivity contribution in [3.8, 4) is 5.75 Å². The molecule has 2 aromatic carbocycles. The first kappa shape index (κ1) is 19.0. The molecule has 5 rings (SSSR count). The number of fused-ring (bicyclic) bond motifs is 1. The number of allylic oxidation sites excluding steroid dienone is 1. The van der Waals surface area contributed by atoms with Crippen molar-refractivity contribution in [2.45, 2.75) is 12.8 Å². The smallest absolute Gasteiger partial charge is 0.195 e. The topological polar surface area (TPSA) is 67.9 Å². The van der Waals surface area contributed by atoms with Crippen molar-refractivity contribution in [3.05, 3.63) is 113 Å². The summed E-state index contributed by atoms with van der Waals surface area (Å²) in [7, 11) is 0. The molecule has 0 saturated heterocycles. The second kappa shape index (κ2) is 8.40. The zero-order valence-electron chi connectivity index (χ0n) is 16.9. The second-order valence-corrected chi connectivity index (χ2v) is 7.45. The minimum atomic E-state index is -0.0195. The van der Waals surface area contributed by atoms with E-state index >= 15 is 0 Å². The molecule has 0 unspecified atom stereocenters. The summed E-state index contributed by atoms with van der Waals surface area (Å²) in [5.74, 6) is 0.688. The number of aromatic amines is 1. The van der Waals surface area contributed by atoms with Crippen LogP contribution in [-0.2, 0) is 6.42 Å². The number of Topliss-reactive ketones (excluding diaryl/α,β-unsaturated/α-hetero) is 1. The molecule has 152 valence electrons. The number of nitrogens with zero attached hydrogens (tertiary/aromatic N) is 2. The van der Waals surface area contributed by atoms with Crippen LogP contribution in [0.2, 0.25) is 0 Å². The van der Waals surface area contributed by atoms with Crippen LogP contribution in [0, 0.1) is 0 Å². The first-order chi connectivity index (χ1) is 15.3. The Labute approximate surface area is 180 Å². The zero-order chi connectivity index (χ0) is 21.0. The van der Waals surface area contributed by atoms with Crippen molar-refractivity contribution in [2.75, 3.05) is 6.61 Å². The number of carbonyl (C=O) groups excluding carboxylic acids is 1. The van der Waals surface area contributed by atoms with Crippen molar-refractivity contribution in [1.29, 1.82) is 0 Å². The van der Waals surface area contributed by atoms with Crippen LogP contribution in [-0.4, -0.2) is 27.6 Å². The maximum absolute atomic E-state index is 13.4. The molecule has 0 aliphatic heterocycles. The van der Waals surface area contributed by atoms with Crippen LogP contribution in [0.5, 0.6) is 5.75 Å². The predicted octanol–water partition coefficient (Wildman–Crippen LogP) is 4.97. The zero-order valence-corrected chi connectivity index (χ0v) is 16.9. The molecule has 0 spiro atoms. The number of aryl methyl sites for hydroxylation is 1. The van der Waals surface area contributed by atoms with Gasteiger partial charge in [0.2, 0.25) is 0 Å². The van der Waals surface area contributed by atoms with Gasteiger partial charge in [0, 0.05) is 46.4 Å². The lowest BCUT2D eigenvalue weighted by Gasteiger charge is -2.09. The van der Waals surface area contributed by atoms with Gasteiger partial charge in [0.05, 0.1) is 12.8 Å². The summed E-state index contributed by atoms with van der Waals surface area (Å²) in [5, 5.41) is 6.92. The third-order valence-corrected chi connectivity index (χ3v) is 5.44. The number of hydrogen-bond donors (Lipinski definition) is 1. The molecule has 2 aromatic heterocycles. The van der Waals surface area contributed by atoms with Gasteiger partial charge >= 0.3 is 0 Å². The van der Waals surface area contributed by atoms with Crippen LogP contribution in [0.4, 0.5) is 0 Å². The lowest BCUT2D eigenvalue weighted by Crippen LogP contribution is -2.02. The SMILES string of the molecule is O=C1C(c2cccnc2)=C(c2cn[nH]c2)c2ccc(OCCCc3ccccc3)cc21. The minimum absolute atomic E-state index is 0.0195. The molecule has 4 aromatic rings. The third kappa shape index (κ3) is 3.78. The number of carbonyl (C=O) groups is 1. The Morgan fingerprint density at radius 3 is 2.55 bits per heavy atom. The Morgan fingerprint density at radius 1 is 0.871 bits per heavy atom. The number of hydrogen-bond acceptors (Lipinski definition) is 4. The molecule has 0 atom stereocenters. The van der Waals surface area contributed by atoms with Gasteiger partial charge in [0.1, 0.15) is 5.75 Å². The molecular formula is C26H21N3O2. The van der Waals surface area contributed by atoms with Gasteiger partial charge in [0.15, 0.2) is 5.78 Å². The fourth-order valence-corrected chi connectivity index (χ4v) is 3.99. The molecule has 5 heteroatoms. The third-order valence-electron chi connectivity index (χ3n) is 5.44. The van der Waals surface area contributed by atoms with E-state index in [0.717, 1.165) is 35.1 Å². The van der Waals surface area contributed by atoms with Crippen LogP contribution >= 0.6 is 0 Å². The van der Waals surface area contributed by atoms with Crippen molar-refractivity contribution < 1.29 is 9.53 Å². The average molecular weight is 407 g/mol. The molecule has 2 heterocycles. The fraction of sp³-hybridized carbons (Fsp3) is 0.115. The van der Waals surface area contributed by atoms with E-state index in [-0.39, 0.29) is 5.78 Å². The molecule has 5 nitrogen and oxygen atoms in total. The van der Waals surface area contributed by atoms with Crippen molar-refractivity contribution in [1.82, 2.24) is 15.2 Å². The Kier molecular flexibility index (Phi) is 5.15. The van der Waals surface area contributed by atoms with Gasteiger partial charge in [-0.15, -0.1) is 0 Å². The van der Waals surface area contributed by atoms with E-state index < -0.39 is 0 Å². The number of pyridine rings is 1. The quantitative estimate of drug-likeness (QED) is 0.439. The molecule has 1 N–H and O–H groups in total. The fourth-order valence-electron chi connectivity index (χ4n) is 3.99. The van der Waals surface area contributed by atoms with Crippen molar-refractivity contribution >= 4 is 16.9 Å². The number of aromatic nitrogens is 3. The number of ketones is 1. The monoisotopic (exact) mass is 407 g/mol. The Hall–Kier alpha value is -3.99. The summed E-state index contributed by atoms with van der Waals surface area (Å²) < 4.78 is 5.97. The van der Waals surface area contributed by atoms with Gasteiger partial charge in [-0.05, 0) is 48.2 Å².